The molecule has 9 nitrogen and oxygen atoms in total. The molecule has 0 amide bonds. The van der Waals surface area contributed by atoms with Gasteiger partial charge < -0.3 is 39.1 Å². The number of halogens is 6. The predicted octanol–water partition coefficient (Wildman–Crippen LogP) is 6.55. The zero-order valence-corrected chi connectivity index (χ0v) is 27.0. The summed E-state index contributed by atoms with van der Waals surface area (Å²) in [5, 5.41) is 6.84. The summed E-state index contributed by atoms with van der Waals surface area (Å²) in [6.07, 6.45) is -0.524. The molecular weight excluding hydrogens is 795 g/mol. The summed E-state index contributed by atoms with van der Waals surface area (Å²) >= 11 is 0. The van der Waals surface area contributed by atoms with Crippen molar-refractivity contribution in [3.63, 3.8) is 0 Å². The van der Waals surface area contributed by atoms with Gasteiger partial charge in [-0.3, -0.25) is 0 Å². The minimum absolute atomic E-state index is 0. The third kappa shape index (κ3) is 7.85. The second-order valence-corrected chi connectivity index (χ2v) is 9.97. The molecule has 4 heterocycles. The molecule has 0 saturated carbocycles. The van der Waals surface area contributed by atoms with Gasteiger partial charge in [0, 0.05) is 32.9 Å². The number of ether oxygens (including phenoxy) is 1. The second kappa shape index (κ2) is 13.5. The van der Waals surface area contributed by atoms with Crippen molar-refractivity contribution in [1.82, 2.24) is 29.5 Å². The maximum absolute atomic E-state index is 13.1. The normalized spacial score (nSPS) is 14.5. The van der Waals surface area contributed by atoms with E-state index in [1.54, 1.807) is 109 Å². The van der Waals surface area contributed by atoms with Gasteiger partial charge in [0.05, 0.1) is 6.20 Å². The number of aromatic nitrogens is 4. The first-order valence-electron chi connectivity index (χ1n) is 13.2. The van der Waals surface area contributed by atoms with Crippen molar-refractivity contribution in [3.05, 3.63) is 110 Å². The number of hydrogen-bond donors (Lipinski definition) is 0. The molecule has 16 heteroatoms. The molecule has 2 aromatic heterocycles. The summed E-state index contributed by atoms with van der Waals surface area (Å²) in [7, 11) is 5.25. The maximum atomic E-state index is 13.1. The topological polar surface area (TPSA) is 67.0 Å². The molecule has 46 heavy (non-hydrogen) atoms. The first-order chi connectivity index (χ1) is 21.2. The number of rotatable bonds is 5. The number of nitrogens with zero attached hydrogens (tertiary/aromatic N) is 8. The van der Waals surface area contributed by atoms with Crippen LogP contribution in [0.2, 0.25) is 0 Å². The van der Waals surface area contributed by atoms with E-state index in [0.717, 1.165) is 12.1 Å². The molecule has 247 valence electrons. The van der Waals surface area contributed by atoms with Crippen molar-refractivity contribution in [2.45, 2.75) is 19.3 Å². The quantitative estimate of drug-likeness (QED) is 0.166. The van der Waals surface area contributed by atoms with E-state index < -0.39 is 23.6 Å². The Labute approximate surface area is 274 Å². The van der Waals surface area contributed by atoms with Gasteiger partial charge in [-0.2, -0.15) is 62.9 Å². The molecule has 0 saturated heterocycles. The van der Waals surface area contributed by atoms with E-state index in [-0.39, 0.29) is 43.1 Å². The summed E-state index contributed by atoms with van der Waals surface area (Å²) in [6.45, 7) is 4.69. The van der Waals surface area contributed by atoms with Crippen molar-refractivity contribution in [1.29, 1.82) is 0 Å². The number of para-hydroxylation sites is 1. The van der Waals surface area contributed by atoms with E-state index >= 15 is 0 Å². The molecule has 6 rings (SSSR count). The first kappa shape index (κ1) is 34.4. The van der Waals surface area contributed by atoms with Crippen LogP contribution in [0, 0.1) is 32.4 Å². The molecule has 0 N–H and O–H groups in total. The summed E-state index contributed by atoms with van der Waals surface area (Å²) in [6, 6.07) is 15.0. The standard InChI is InChI=1S/C15H11F3N4O.C15H14F3N4.Ir/c1-9-12(20-21-13(9)15(16,17)18)14-19-11(8-22(14)2)23-10-6-4-3-5-7-10;1-19-3-5-21(10-19)13-7-12(15(16,17)18)8-14(9-13)22-6-4-20(2)11-22;/h3-6,8H,1-2H3;3-8,10-11H,1-2H3;/q-2;-3;. The molecular formula is C30H25F6IrN8O-5. The molecule has 0 spiro atoms. The van der Waals surface area contributed by atoms with Crippen LogP contribution in [0.25, 0.3) is 11.5 Å². The van der Waals surface area contributed by atoms with E-state index in [4.69, 9.17) is 4.74 Å². The predicted molar refractivity (Wildman–Crippen MR) is 152 cm³/mol. The van der Waals surface area contributed by atoms with E-state index in [0.29, 0.717) is 17.1 Å². The molecule has 0 fully saturated rings. The average molecular weight is 820 g/mol. The van der Waals surface area contributed by atoms with Crippen LogP contribution in [0.15, 0.2) is 67.4 Å². The van der Waals surface area contributed by atoms with Crippen molar-refractivity contribution >= 4 is 11.4 Å². The van der Waals surface area contributed by atoms with E-state index in [2.05, 4.69) is 27.3 Å². The molecule has 2 aliphatic rings. The van der Waals surface area contributed by atoms with Crippen LogP contribution in [0.4, 0.5) is 37.7 Å². The number of hydrogen-bond acceptors (Lipinski definition) is 7. The Hall–Kier alpha value is -4.43. The Morgan fingerprint density at radius 1 is 0.870 bits per heavy atom. The number of anilines is 2. The third-order valence-corrected chi connectivity index (χ3v) is 6.45. The summed E-state index contributed by atoms with van der Waals surface area (Å²) in [4.78, 5) is 10.9. The van der Waals surface area contributed by atoms with Gasteiger partial charge in [0.15, 0.2) is 0 Å². The van der Waals surface area contributed by atoms with Crippen molar-refractivity contribution < 1.29 is 51.2 Å². The molecule has 0 unspecified atom stereocenters. The van der Waals surface area contributed by atoms with Gasteiger partial charge in [-0.15, -0.1) is 41.7 Å². The van der Waals surface area contributed by atoms with E-state index in [1.165, 1.54) is 11.5 Å². The molecule has 2 aromatic carbocycles. The van der Waals surface area contributed by atoms with Crippen molar-refractivity contribution in [3.8, 4) is 23.1 Å². The van der Waals surface area contributed by atoms with Gasteiger partial charge in [-0.25, -0.2) is 0 Å². The maximum Gasteiger partial charge on any atom is 0.431 e. The fraction of sp³-hybridized carbons (Fsp3) is 0.200. The van der Waals surface area contributed by atoms with Gasteiger partial charge in [0.2, 0.25) is 5.88 Å². The Morgan fingerprint density at radius 2 is 1.48 bits per heavy atom. The molecule has 1 radical (unpaired) electrons. The summed E-state index contributed by atoms with van der Waals surface area (Å²) in [5.41, 5.74) is -1.03. The Morgan fingerprint density at radius 3 is 1.93 bits per heavy atom. The number of aryl methyl sites for hydroxylation is 1. The van der Waals surface area contributed by atoms with E-state index in [9.17, 15) is 26.3 Å². The molecule has 0 aliphatic carbocycles. The third-order valence-electron chi connectivity index (χ3n) is 6.45. The van der Waals surface area contributed by atoms with Crippen LogP contribution < -0.4 is 19.6 Å². The SMILES string of the molecule is CN1C=CN(c2[c-]c(N3C=CN(C)[CH-]3)cc(C(F)(F)F)c2)[CH-]1.Cc1c(C(F)(F)F)n[n-]c1-c1nc(Oc2[c-]cccc2)cn1C.[Ir]. The van der Waals surface area contributed by atoms with Crippen LogP contribution in [0.5, 0.6) is 11.6 Å². The summed E-state index contributed by atoms with van der Waals surface area (Å²) < 4.78 is 84.9. The molecule has 0 atom stereocenters. The number of alkyl halides is 6. The van der Waals surface area contributed by atoms with E-state index in [1.807, 2.05) is 0 Å². The fourth-order valence-corrected chi connectivity index (χ4v) is 4.27. The second-order valence-electron chi connectivity index (χ2n) is 9.97. The first-order valence-corrected chi connectivity index (χ1v) is 13.2. The number of imidazole rings is 1. The van der Waals surface area contributed by atoms with Crippen LogP contribution in [-0.2, 0) is 39.5 Å². The fourth-order valence-electron chi connectivity index (χ4n) is 4.27. The smallest absolute Gasteiger partial charge is 0.431 e. The van der Waals surface area contributed by atoms with Gasteiger partial charge in [-0.1, -0.05) is 11.3 Å². The van der Waals surface area contributed by atoms with Crippen molar-refractivity contribution in [2.24, 2.45) is 7.05 Å². The average Bonchev–Trinajstić information content (AvgIpc) is 3.76. The Bertz CT molecular complexity index is 1660. The van der Waals surface area contributed by atoms with Gasteiger partial charge in [0.25, 0.3) is 0 Å². The van der Waals surface area contributed by atoms with Gasteiger partial charge in [-0.05, 0) is 51.4 Å². The Kier molecular flexibility index (Phi) is 10.1. The molecule has 2 aliphatic heterocycles. The monoisotopic (exact) mass is 820 g/mol. The molecule has 4 aromatic rings. The van der Waals surface area contributed by atoms with Crippen molar-refractivity contribution in [2.75, 3.05) is 23.9 Å². The Balaban J connectivity index is 0.000000205. The summed E-state index contributed by atoms with van der Waals surface area (Å²) in [5.74, 6) is 0.941. The number of benzene rings is 2. The minimum Gasteiger partial charge on any atom is -0.572 e. The van der Waals surface area contributed by atoms with Crippen LogP contribution in [0.3, 0.4) is 0 Å². The zero-order chi connectivity index (χ0) is 32.5. The zero-order valence-electron chi connectivity index (χ0n) is 24.6. The van der Waals surface area contributed by atoms with Gasteiger partial charge in [0.1, 0.15) is 11.5 Å². The van der Waals surface area contributed by atoms with Crippen LogP contribution in [-0.4, -0.2) is 38.5 Å². The van der Waals surface area contributed by atoms with Crippen LogP contribution in [0.1, 0.15) is 16.8 Å². The minimum atomic E-state index is -4.54. The van der Waals surface area contributed by atoms with Gasteiger partial charge >= 0.3 is 12.4 Å². The molecule has 0 bridgehead atoms. The van der Waals surface area contributed by atoms with Crippen LogP contribution >= 0.6 is 0 Å². The largest absolute Gasteiger partial charge is 0.572 e.